The van der Waals surface area contributed by atoms with E-state index in [-0.39, 0.29) is 0 Å². The van der Waals surface area contributed by atoms with Crippen LogP contribution in [0.15, 0.2) is 36.4 Å². The van der Waals surface area contributed by atoms with Gasteiger partial charge < -0.3 is 5.11 Å². The first kappa shape index (κ1) is 12.2. The molecule has 0 amide bonds. The third-order valence-electron chi connectivity index (χ3n) is 3.68. The van der Waals surface area contributed by atoms with Crippen LogP contribution in [0, 0.1) is 0 Å². The number of thiophene rings is 1. The van der Waals surface area contributed by atoms with Crippen LogP contribution in [0.5, 0.6) is 0 Å². The van der Waals surface area contributed by atoms with Crippen molar-refractivity contribution < 1.29 is 5.11 Å². The second-order valence-corrected chi connectivity index (χ2v) is 6.54. The Hall–Kier alpha value is -0.830. The van der Waals surface area contributed by atoms with Crippen LogP contribution in [0.4, 0.5) is 0 Å². The molecule has 1 aliphatic carbocycles. The van der Waals surface area contributed by atoms with Crippen molar-refractivity contribution in [1.82, 2.24) is 0 Å². The van der Waals surface area contributed by atoms with E-state index in [1.165, 1.54) is 16.9 Å². The summed E-state index contributed by atoms with van der Waals surface area (Å²) in [6, 6.07) is 12.0. The molecule has 0 spiro atoms. The average molecular weight is 279 g/mol. The van der Waals surface area contributed by atoms with Crippen LogP contribution >= 0.6 is 22.9 Å². The van der Waals surface area contributed by atoms with E-state index in [1.54, 1.807) is 0 Å². The summed E-state index contributed by atoms with van der Waals surface area (Å²) in [6.07, 6.45) is 4.01. The number of aliphatic hydroxyl groups is 1. The van der Waals surface area contributed by atoms with Gasteiger partial charge in [0.05, 0.1) is 4.34 Å². The Bertz CT molecular complexity index is 563. The molecule has 1 atom stereocenters. The van der Waals surface area contributed by atoms with Gasteiger partial charge in [0.25, 0.3) is 0 Å². The molecule has 0 radical (unpaired) electrons. The van der Waals surface area contributed by atoms with E-state index in [0.717, 1.165) is 40.5 Å². The number of halogens is 1. The predicted molar refractivity (Wildman–Crippen MR) is 76.3 cm³/mol. The maximum Gasteiger partial charge on any atom is 0.124 e. The largest absolute Gasteiger partial charge is 0.380 e. The minimum Gasteiger partial charge on any atom is -0.380 e. The number of hydrogen-bond donors (Lipinski definition) is 1. The minimum absolute atomic E-state index is 0.736. The van der Waals surface area contributed by atoms with E-state index in [1.807, 2.05) is 30.3 Å². The van der Waals surface area contributed by atoms with Crippen LogP contribution in [0.1, 0.15) is 35.3 Å². The quantitative estimate of drug-likeness (QED) is 0.768. The Kier molecular flexibility index (Phi) is 3.18. The van der Waals surface area contributed by atoms with Crippen LogP contribution in [-0.2, 0) is 12.0 Å². The monoisotopic (exact) mass is 278 g/mol. The molecule has 1 nitrogen and oxygen atoms in total. The molecule has 0 saturated carbocycles. The van der Waals surface area contributed by atoms with Gasteiger partial charge in [-0.05, 0) is 48.9 Å². The molecular weight excluding hydrogens is 264 g/mol. The molecule has 1 unspecified atom stereocenters. The Morgan fingerprint density at radius 1 is 1.11 bits per heavy atom. The fraction of sp³-hybridized carbons (Fsp3) is 0.333. The van der Waals surface area contributed by atoms with E-state index in [4.69, 9.17) is 11.6 Å². The highest BCUT2D eigenvalue weighted by atomic mass is 35.5. The molecular formula is C15H15ClOS. The number of rotatable bonds is 1. The summed E-state index contributed by atoms with van der Waals surface area (Å²) in [6.45, 7) is 0. The van der Waals surface area contributed by atoms with E-state index in [0.29, 0.717) is 0 Å². The Morgan fingerprint density at radius 2 is 1.94 bits per heavy atom. The third-order valence-corrected chi connectivity index (χ3v) is 5.06. The second kappa shape index (κ2) is 4.69. The zero-order valence-electron chi connectivity index (χ0n) is 10.0. The van der Waals surface area contributed by atoms with Crippen molar-refractivity contribution in [3.63, 3.8) is 0 Å². The van der Waals surface area contributed by atoms with Crippen molar-refractivity contribution in [1.29, 1.82) is 0 Å². The summed E-state index contributed by atoms with van der Waals surface area (Å²) < 4.78 is 0.736. The zero-order valence-corrected chi connectivity index (χ0v) is 11.6. The lowest BCUT2D eigenvalue weighted by Crippen LogP contribution is -2.26. The normalized spacial score (nSPS) is 23.4. The lowest BCUT2D eigenvalue weighted by atomic mass is 9.86. The average Bonchev–Trinajstić information content (AvgIpc) is 2.74. The van der Waals surface area contributed by atoms with Crippen LogP contribution in [0.25, 0.3) is 0 Å². The highest BCUT2D eigenvalue weighted by Gasteiger charge is 2.35. The van der Waals surface area contributed by atoms with Crippen molar-refractivity contribution in [2.45, 2.75) is 31.3 Å². The van der Waals surface area contributed by atoms with Gasteiger partial charge in [0.2, 0.25) is 0 Å². The molecule has 0 aliphatic heterocycles. The van der Waals surface area contributed by atoms with Gasteiger partial charge in [-0.3, -0.25) is 0 Å². The van der Waals surface area contributed by atoms with Gasteiger partial charge >= 0.3 is 0 Å². The van der Waals surface area contributed by atoms with Crippen molar-refractivity contribution in [2.75, 3.05) is 0 Å². The number of hydrogen-bond acceptors (Lipinski definition) is 2. The smallest absolute Gasteiger partial charge is 0.124 e. The first-order valence-corrected chi connectivity index (χ1v) is 7.46. The van der Waals surface area contributed by atoms with Gasteiger partial charge in [0.15, 0.2) is 0 Å². The first-order valence-electron chi connectivity index (χ1n) is 6.27. The fourth-order valence-electron chi connectivity index (χ4n) is 2.77. The number of benzene rings is 1. The van der Waals surface area contributed by atoms with E-state index in [9.17, 15) is 5.11 Å². The molecule has 18 heavy (non-hydrogen) atoms. The third kappa shape index (κ3) is 1.99. The molecule has 1 aromatic heterocycles. The van der Waals surface area contributed by atoms with Gasteiger partial charge in [-0.2, -0.15) is 0 Å². The molecule has 0 saturated heterocycles. The van der Waals surface area contributed by atoms with Gasteiger partial charge in [-0.1, -0.05) is 35.9 Å². The molecule has 1 aromatic carbocycles. The van der Waals surface area contributed by atoms with Gasteiger partial charge in [-0.25, -0.2) is 0 Å². The standard InChI is InChI=1S/C15H15ClOS/c16-14-9-8-13(18-14)15(17)10-4-3-6-11-5-1-2-7-12(11)15/h1-2,5,7-9,17H,3-4,6,10H2. The van der Waals surface area contributed by atoms with E-state index >= 15 is 0 Å². The summed E-state index contributed by atoms with van der Waals surface area (Å²) >= 11 is 7.50. The molecule has 3 rings (SSSR count). The molecule has 3 heteroatoms. The highest BCUT2D eigenvalue weighted by Crippen LogP contribution is 2.42. The molecule has 2 aromatic rings. The van der Waals surface area contributed by atoms with Gasteiger partial charge in [-0.15, -0.1) is 11.3 Å². The summed E-state index contributed by atoms with van der Waals surface area (Å²) in [7, 11) is 0. The Labute approximate surface area is 116 Å². The molecule has 1 heterocycles. The minimum atomic E-state index is -0.856. The zero-order chi connectivity index (χ0) is 12.6. The topological polar surface area (TPSA) is 20.2 Å². The number of fused-ring (bicyclic) bond motifs is 1. The molecule has 0 fully saturated rings. The SMILES string of the molecule is OC1(c2ccc(Cl)s2)CCCCc2ccccc21. The molecule has 1 aliphatic rings. The highest BCUT2D eigenvalue weighted by molar-refractivity contribution is 7.16. The van der Waals surface area contributed by atoms with Gasteiger partial charge in [0, 0.05) is 4.88 Å². The summed E-state index contributed by atoms with van der Waals surface area (Å²) in [5.74, 6) is 0. The lowest BCUT2D eigenvalue weighted by Gasteiger charge is -2.27. The van der Waals surface area contributed by atoms with Crippen molar-refractivity contribution in [2.24, 2.45) is 0 Å². The number of aryl methyl sites for hydroxylation is 1. The van der Waals surface area contributed by atoms with Crippen molar-refractivity contribution >= 4 is 22.9 Å². The lowest BCUT2D eigenvalue weighted by molar-refractivity contribution is 0.0743. The Morgan fingerprint density at radius 3 is 2.72 bits per heavy atom. The van der Waals surface area contributed by atoms with E-state index in [2.05, 4.69) is 6.07 Å². The maximum absolute atomic E-state index is 11.1. The second-order valence-electron chi connectivity index (χ2n) is 4.83. The Balaban J connectivity index is 2.16. The van der Waals surface area contributed by atoms with Crippen molar-refractivity contribution in [3.8, 4) is 0 Å². The van der Waals surface area contributed by atoms with Crippen molar-refractivity contribution in [3.05, 3.63) is 56.7 Å². The molecule has 1 N–H and O–H groups in total. The summed E-state index contributed by atoms with van der Waals surface area (Å²) in [5, 5.41) is 11.1. The predicted octanol–water partition coefficient (Wildman–Crippen LogP) is 4.36. The van der Waals surface area contributed by atoms with Gasteiger partial charge in [0.1, 0.15) is 5.60 Å². The van der Waals surface area contributed by atoms with Crippen LogP contribution in [-0.4, -0.2) is 5.11 Å². The molecule has 0 bridgehead atoms. The molecule has 94 valence electrons. The van der Waals surface area contributed by atoms with Crippen LogP contribution in [0.2, 0.25) is 4.34 Å². The van der Waals surface area contributed by atoms with Crippen LogP contribution < -0.4 is 0 Å². The summed E-state index contributed by atoms with van der Waals surface area (Å²) in [4.78, 5) is 0.960. The fourth-order valence-corrected chi connectivity index (χ4v) is 3.94. The maximum atomic E-state index is 11.1. The first-order chi connectivity index (χ1) is 8.70. The van der Waals surface area contributed by atoms with E-state index < -0.39 is 5.60 Å². The summed E-state index contributed by atoms with van der Waals surface area (Å²) in [5.41, 5.74) is 1.47. The van der Waals surface area contributed by atoms with Crippen LogP contribution in [0.3, 0.4) is 0 Å².